The molecule has 0 unspecified atom stereocenters. The van der Waals surface area contributed by atoms with Crippen LogP contribution in [0.1, 0.15) is 12.0 Å². The Kier molecular flexibility index (Phi) is 7.17. The van der Waals surface area contributed by atoms with Crippen molar-refractivity contribution in [2.75, 3.05) is 0 Å². The monoisotopic (exact) mass is 282 g/mol. The van der Waals surface area contributed by atoms with E-state index in [-0.39, 0.29) is 21.7 Å². The number of fused-ring (bicyclic) bond motifs is 1. The van der Waals surface area contributed by atoms with Gasteiger partial charge in [0.15, 0.2) is 0 Å². The van der Waals surface area contributed by atoms with Crippen LogP contribution in [0.15, 0.2) is 79.4 Å². The predicted octanol–water partition coefficient (Wildman–Crippen LogP) is 5.08. The standard InChI is InChI=1S/C9H7.C9H11.Ti/c1-2-5-9-7-3-6-8(9)4-1;1-2-3-6-9-7-4-5-8-9;/h1-7H;2,4-5,7-8H,1,3,6H2;/q2*-1;+2. The Labute approximate surface area is 130 Å². The Morgan fingerprint density at radius 2 is 1.79 bits per heavy atom. The van der Waals surface area contributed by atoms with Gasteiger partial charge in [0.25, 0.3) is 0 Å². The predicted molar refractivity (Wildman–Crippen MR) is 80.1 cm³/mol. The molecule has 0 aromatic heterocycles. The van der Waals surface area contributed by atoms with E-state index in [1.165, 1.54) is 16.3 Å². The molecule has 0 amide bonds. The first kappa shape index (κ1) is 15.7. The molecule has 1 heteroatoms. The molecule has 3 rings (SSSR count). The van der Waals surface area contributed by atoms with Crippen LogP contribution < -0.4 is 0 Å². The van der Waals surface area contributed by atoms with Crippen molar-refractivity contribution < 1.29 is 21.7 Å². The summed E-state index contributed by atoms with van der Waals surface area (Å²) in [6.45, 7) is 3.66. The van der Waals surface area contributed by atoms with Crippen LogP contribution >= 0.6 is 0 Å². The van der Waals surface area contributed by atoms with Gasteiger partial charge in [0.2, 0.25) is 0 Å². The summed E-state index contributed by atoms with van der Waals surface area (Å²) in [6.07, 6.45) is 4.17. The van der Waals surface area contributed by atoms with E-state index in [1.807, 2.05) is 6.08 Å². The first-order valence-electron chi connectivity index (χ1n) is 6.32. The molecule has 0 radical (unpaired) electrons. The van der Waals surface area contributed by atoms with Crippen LogP contribution in [0.2, 0.25) is 0 Å². The van der Waals surface area contributed by atoms with Crippen LogP contribution in [-0.4, -0.2) is 0 Å². The zero-order valence-electron chi connectivity index (χ0n) is 11.0. The molecular weight excluding hydrogens is 264 g/mol. The second-order valence-electron chi connectivity index (χ2n) is 4.28. The van der Waals surface area contributed by atoms with Gasteiger partial charge in [0.1, 0.15) is 0 Å². The molecule has 0 bridgehead atoms. The van der Waals surface area contributed by atoms with E-state index >= 15 is 0 Å². The van der Waals surface area contributed by atoms with E-state index in [1.54, 1.807) is 0 Å². The Morgan fingerprint density at radius 1 is 0.947 bits per heavy atom. The van der Waals surface area contributed by atoms with Crippen molar-refractivity contribution in [3.05, 3.63) is 84.9 Å². The summed E-state index contributed by atoms with van der Waals surface area (Å²) >= 11 is 0. The zero-order valence-corrected chi connectivity index (χ0v) is 12.6. The largest absolute Gasteiger partial charge is 2.00 e. The number of hydrogen-bond donors (Lipinski definition) is 0. The molecule has 0 aliphatic heterocycles. The maximum atomic E-state index is 3.66. The minimum absolute atomic E-state index is 0. The Balaban J connectivity index is 0.000000180. The summed E-state index contributed by atoms with van der Waals surface area (Å²) in [5, 5.41) is 2.66. The first-order chi connectivity index (χ1) is 8.90. The molecule has 0 saturated heterocycles. The summed E-state index contributed by atoms with van der Waals surface area (Å²) in [5.41, 5.74) is 1.41. The van der Waals surface area contributed by atoms with Crippen LogP contribution in [0.3, 0.4) is 0 Å². The van der Waals surface area contributed by atoms with Gasteiger partial charge >= 0.3 is 21.7 Å². The second kappa shape index (κ2) is 8.69. The van der Waals surface area contributed by atoms with Crippen LogP contribution in [0, 0.1) is 0 Å². The summed E-state index contributed by atoms with van der Waals surface area (Å²) < 4.78 is 0. The maximum absolute atomic E-state index is 3.66. The topological polar surface area (TPSA) is 0 Å². The number of aryl methyl sites for hydroxylation is 1. The first-order valence-corrected chi connectivity index (χ1v) is 6.32. The fourth-order valence-electron chi connectivity index (χ4n) is 1.92. The van der Waals surface area contributed by atoms with Crippen LogP contribution in [0.25, 0.3) is 10.8 Å². The molecule has 3 aromatic carbocycles. The van der Waals surface area contributed by atoms with Gasteiger partial charge in [-0.3, -0.25) is 0 Å². The molecule has 0 saturated carbocycles. The summed E-state index contributed by atoms with van der Waals surface area (Å²) in [5.74, 6) is 0. The molecule has 0 aliphatic rings. The van der Waals surface area contributed by atoms with E-state index in [0.29, 0.717) is 0 Å². The number of hydrogen-bond acceptors (Lipinski definition) is 0. The van der Waals surface area contributed by atoms with Crippen molar-refractivity contribution in [3.8, 4) is 0 Å². The molecule has 0 heterocycles. The molecule has 0 atom stereocenters. The van der Waals surface area contributed by atoms with E-state index < -0.39 is 0 Å². The molecule has 0 spiro atoms. The van der Waals surface area contributed by atoms with Crippen LogP contribution in [-0.2, 0) is 28.1 Å². The second-order valence-corrected chi connectivity index (χ2v) is 4.28. The fourth-order valence-corrected chi connectivity index (χ4v) is 1.92. The van der Waals surface area contributed by atoms with Gasteiger partial charge in [-0.2, -0.15) is 35.2 Å². The number of benzene rings is 1. The van der Waals surface area contributed by atoms with E-state index in [2.05, 4.69) is 73.3 Å². The normalized spacial score (nSPS) is 9.26. The van der Waals surface area contributed by atoms with Crippen LogP contribution in [0.5, 0.6) is 0 Å². The smallest absolute Gasteiger partial charge is 0.213 e. The Hall–Kier alpha value is -1.37. The molecule has 0 fully saturated rings. The fraction of sp³-hybridized carbons (Fsp3) is 0.111. The summed E-state index contributed by atoms with van der Waals surface area (Å²) in [6, 6.07) is 23.1. The molecule has 0 aliphatic carbocycles. The third-order valence-corrected chi connectivity index (χ3v) is 2.92. The molecule has 3 aromatic rings. The number of rotatable bonds is 3. The number of allylic oxidation sites excluding steroid dienone is 1. The van der Waals surface area contributed by atoms with Gasteiger partial charge < -0.3 is 0 Å². The Bertz CT molecular complexity index is 542. The minimum Gasteiger partial charge on any atom is -0.213 e. The van der Waals surface area contributed by atoms with Crippen molar-refractivity contribution in [1.29, 1.82) is 0 Å². The van der Waals surface area contributed by atoms with Gasteiger partial charge in [0.05, 0.1) is 0 Å². The van der Waals surface area contributed by atoms with E-state index in [0.717, 1.165) is 12.8 Å². The van der Waals surface area contributed by atoms with Gasteiger partial charge in [0, 0.05) is 0 Å². The molecule has 0 nitrogen and oxygen atoms in total. The molecule has 19 heavy (non-hydrogen) atoms. The van der Waals surface area contributed by atoms with E-state index in [9.17, 15) is 0 Å². The quantitative estimate of drug-likeness (QED) is 0.357. The molecule has 0 N–H and O–H groups in total. The third-order valence-electron chi connectivity index (χ3n) is 2.92. The average Bonchev–Trinajstić information content (AvgIpc) is 3.08. The van der Waals surface area contributed by atoms with Crippen molar-refractivity contribution in [1.82, 2.24) is 0 Å². The molecule has 94 valence electrons. The van der Waals surface area contributed by atoms with Crippen LogP contribution in [0.4, 0.5) is 0 Å². The van der Waals surface area contributed by atoms with Gasteiger partial charge in [-0.25, -0.2) is 12.1 Å². The SMILES string of the molecule is C=CCCc1ccc[cH-]1.[Ti+2].c1ccc2[cH-]ccc2c1. The van der Waals surface area contributed by atoms with E-state index in [4.69, 9.17) is 0 Å². The minimum atomic E-state index is 0. The Morgan fingerprint density at radius 3 is 2.47 bits per heavy atom. The van der Waals surface area contributed by atoms with Gasteiger partial charge in [-0.05, 0) is 12.8 Å². The van der Waals surface area contributed by atoms with Gasteiger partial charge in [-0.15, -0.1) is 36.2 Å². The summed E-state index contributed by atoms with van der Waals surface area (Å²) in [7, 11) is 0. The van der Waals surface area contributed by atoms with Gasteiger partial charge in [-0.1, -0.05) is 12.1 Å². The van der Waals surface area contributed by atoms with Crippen molar-refractivity contribution >= 4 is 10.8 Å². The van der Waals surface area contributed by atoms with Crippen molar-refractivity contribution in [3.63, 3.8) is 0 Å². The molecular formula is C18H18Ti. The average molecular weight is 282 g/mol. The third kappa shape index (κ3) is 5.02. The van der Waals surface area contributed by atoms with Crippen molar-refractivity contribution in [2.45, 2.75) is 12.8 Å². The maximum Gasteiger partial charge on any atom is 2.00 e. The van der Waals surface area contributed by atoms with Crippen molar-refractivity contribution in [2.24, 2.45) is 0 Å². The summed E-state index contributed by atoms with van der Waals surface area (Å²) in [4.78, 5) is 0. The zero-order chi connectivity index (χ0) is 12.6.